The lowest BCUT2D eigenvalue weighted by Crippen LogP contribution is -2.23. The van der Waals surface area contributed by atoms with Crippen molar-refractivity contribution in [2.75, 3.05) is 0 Å². The van der Waals surface area contributed by atoms with E-state index in [1.807, 2.05) is 27.7 Å². The molecule has 0 aromatic carbocycles. The van der Waals surface area contributed by atoms with Gasteiger partial charge in [0.1, 0.15) is 0 Å². The van der Waals surface area contributed by atoms with Crippen molar-refractivity contribution >= 4 is 23.6 Å². The molecule has 0 saturated carbocycles. The molecule has 0 aromatic rings. The number of nitrogens with one attached hydrogen (secondary N) is 1. The van der Waals surface area contributed by atoms with Crippen molar-refractivity contribution in [1.82, 2.24) is 5.32 Å². The van der Waals surface area contributed by atoms with Gasteiger partial charge in [0.2, 0.25) is 11.8 Å². The van der Waals surface area contributed by atoms with E-state index in [0.717, 1.165) is 0 Å². The van der Waals surface area contributed by atoms with E-state index in [9.17, 15) is 9.59 Å². The van der Waals surface area contributed by atoms with E-state index in [1.165, 1.54) is 0 Å². The monoisotopic (exact) mass is 203 g/mol. The van der Waals surface area contributed by atoms with Crippen molar-refractivity contribution < 1.29 is 9.59 Å². The van der Waals surface area contributed by atoms with E-state index in [4.69, 9.17) is 0 Å². The van der Waals surface area contributed by atoms with E-state index in [2.05, 4.69) is 5.32 Å². The maximum atomic E-state index is 11.0. The molecule has 0 aromatic heterocycles. The van der Waals surface area contributed by atoms with Crippen molar-refractivity contribution in [1.29, 1.82) is 0 Å². The van der Waals surface area contributed by atoms with E-state index in [-0.39, 0.29) is 17.1 Å². The summed E-state index contributed by atoms with van der Waals surface area (Å²) in [6, 6.07) is 0. The number of carbonyl (C=O) groups excluding carboxylic acids is 2. The molecule has 4 heteroatoms. The van der Waals surface area contributed by atoms with Crippen LogP contribution in [0.1, 0.15) is 34.1 Å². The minimum absolute atomic E-state index is 0.131. The smallest absolute Gasteiger partial charge is 0.240 e. The Balaban J connectivity index is 0.000000671. The molecule has 3 nitrogen and oxygen atoms in total. The van der Waals surface area contributed by atoms with E-state index in [0.29, 0.717) is 11.7 Å². The average molecular weight is 203 g/mol. The van der Waals surface area contributed by atoms with Crippen molar-refractivity contribution in [3.8, 4) is 0 Å². The summed E-state index contributed by atoms with van der Waals surface area (Å²) >= 11 is 1.54. The third-order valence-electron chi connectivity index (χ3n) is 1.36. The normalized spacial score (nSPS) is 21.2. The molecule has 1 N–H and O–H groups in total. The van der Waals surface area contributed by atoms with Gasteiger partial charge in [0.05, 0.1) is 5.25 Å². The van der Waals surface area contributed by atoms with Crippen LogP contribution in [0.2, 0.25) is 0 Å². The molecule has 0 aliphatic carbocycles. The van der Waals surface area contributed by atoms with Crippen LogP contribution in [-0.4, -0.2) is 22.3 Å². The highest BCUT2D eigenvalue weighted by atomic mass is 32.2. The van der Waals surface area contributed by atoms with Gasteiger partial charge in [-0.2, -0.15) is 0 Å². The summed E-state index contributed by atoms with van der Waals surface area (Å²) in [7, 11) is 0. The zero-order valence-corrected chi connectivity index (χ0v) is 9.40. The largest absolute Gasteiger partial charge is 0.295 e. The number of hydrogen-bond donors (Lipinski definition) is 1. The minimum Gasteiger partial charge on any atom is -0.295 e. The maximum Gasteiger partial charge on any atom is 0.240 e. The number of carbonyl (C=O) groups is 2. The summed E-state index contributed by atoms with van der Waals surface area (Å²) in [5.74, 6) is -0.276. The highest BCUT2D eigenvalue weighted by molar-refractivity contribution is 8.01. The molecule has 1 atom stereocenters. The summed E-state index contributed by atoms with van der Waals surface area (Å²) in [5.41, 5.74) is 0. The standard InChI is InChI=1S/C7H11NO2S.C2H6/c1-4(2)11-5-3-6(9)8-7(5)10;1-2/h4-5H,3H2,1-2H3,(H,8,9,10);1-2H3. The average Bonchev–Trinajstić information content (AvgIpc) is 2.33. The Labute approximate surface area is 83.7 Å². The van der Waals surface area contributed by atoms with Gasteiger partial charge < -0.3 is 0 Å². The predicted molar refractivity (Wildman–Crippen MR) is 55.6 cm³/mol. The van der Waals surface area contributed by atoms with Crippen molar-refractivity contribution in [2.24, 2.45) is 0 Å². The third kappa shape index (κ3) is 4.31. The molecule has 1 fully saturated rings. The Hall–Kier alpha value is -0.510. The highest BCUT2D eigenvalue weighted by Gasteiger charge is 2.31. The first kappa shape index (κ1) is 12.5. The Kier molecular flexibility index (Phi) is 5.79. The first-order chi connectivity index (χ1) is 6.09. The van der Waals surface area contributed by atoms with Gasteiger partial charge in [-0.3, -0.25) is 14.9 Å². The van der Waals surface area contributed by atoms with Crippen molar-refractivity contribution in [3.05, 3.63) is 0 Å². The molecule has 0 bridgehead atoms. The quantitative estimate of drug-likeness (QED) is 0.693. The molecule has 1 aliphatic rings. The van der Waals surface area contributed by atoms with Gasteiger partial charge in [-0.15, -0.1) is 11.8 Å². The van der Waals surface area contributed by atoms with Gasteiger partial charge in [0.15, 0.2) is 0 Å². The van der Waals surface area contributed by atoms with Crippen molar-refractivity contribution in [3.63, 3.8) is 0 Å². The number of amides is 2. The van der Waals surface area contributed by atoms with Gasteiger partial charge >= 0.3 is 0 Å². The number of rotatable bonds is 2. The zero-order valence-electron chi connectivity index (χ0n) is 8.59. The fourth-order valence-corrected chi connectivity index (χ4v) is 2.06. The van der Waals surface area contributed by atoms with Crippen LogP contribution in [0.5, 0.6) is 0 Å². The van der Waals surface area contributed by atoms with Crippen LogP contribution in [-0.2, 0) is 9.59 Å². The lowest BCUT2D eigenvalue weighted by Gasteiger charge is -2.07. The third-order valence-corrected chi connectivity index (χ3v) is 2.62. The van der Waals surface area contributed by atoms with E-state index < -0.39 is 0 Å². The zero-order chi connectivity index (χ0) is 10.4. The molecule has 1 saturated heterocycles. The van der Waals surface area contributed by atoms with Crippen LogP contribution in [0.4, 0.5) is 0 Å². The summed E-state index contributed by atoms with van der Waals surface area (Å²) in [4.78, 5) is 21.7. The van der Waals surface area contributed by atoms with Gasteiger partial charge in [0, 0.05) is 6.42 Å². The predicted octanol–water partition coefficient (Wildman–Crippen LogP) is 1.57. The summed E-state index contributed by atoms with van der Waals surface area (Å²) in [6.45, 7) is 8.03. The van der Waals surface area contributed by atoms with Crippen LogP contribution >= 0.6 is 11.8 Å². The van der Waals surface area contributed by atoms with E-state index >= 15 is 0 Å². The number of imide groups is 1. The molecule has 1 rings (SSSR count). The van der Waals surface area contributed by atoms with Crippen LogP contribution in [0.25, 0.3) is 0 Å². The van der Waals surface area contributed by atoms with Crippen LogP contribution in [0.3, 0.4) is 0 Å². The molecule has 1 aliphatic heterocycles. The molecule has 76 valence electrons. The SMILES string of the molecule is CC.CC(C)SC1CC(=O)NC1=O. The summed E-state index contributed by atoms with van der Waals surface area (Å²) in [5, 5.41) is 2.52. The second kappa shape index (κ2) is 6.02. The van der Waals surface area contributed by atoms with Crippen LogP contribution in [0, 0.1) is 0 Å². The molecular formula is C9H17NO2S. The number of hydrogen-bond acceptors (Lipinski definition) is 3. The minimum atomic E-state index is -0.150. The van der Waals surface area contributed by atoms with Crippen LogP contribution in [0.15, 0.2) is 0 Å². The van der Waals surface area contributed by atoms with Gasteiger partial charge in [-0.25, -0.2) is 0 Å². The maximum absolute atomic E-state index is 11.0. The summed E-state index contributed by atoms with van der Waals surface area (Å²) < 4.78 is 0. The summed E-state index contributed by atoms with van der Waals surface area (Å²) in [6.07, 6.45) is 0.349. The van der Waals surface area contributed by atoms with Crippen molar-refractivity contribution in [2.45, 2.75) is 44.6 Å². The first-order valence-electron chi connectivity index (χ1n) is 4.58. The molecule has 1 heterocycles. The molecule has 13 heavy (non-hydrogen) atoms. The molecule has 2 amide bonds. The first-order valence-corrected chi connectivity index (χ1v) is 5.53. The Morgan fingerprint density at radius 3 is 2.23 bits per heavy atom. The second-order valence-corrected chi connectivity index (χ2v) is 4.57. The fraction of sp³-hybridized carbons (Fsp3) is 0.778. The lowest BCUT2D eigenvalue weighted by atomic mass is 10.4. The fourth-order valence-electron chi connectivity index (χ4n) is 0.968. The van der Waals surface area contributed by atoms with Gasteiger partial charge in [-0.1, -0.05) is 27.7 Å². The highest BCUT2D eigenvalue weighted by Crippen LogP contribution is 2.23. The van der Waals surface area contributed by atoms with Gasteiger partial charge in [-0.05, 0) is 5.25 Å². The molecule has 0 radical (unpaired) electrons. The van der Waals surface area contributed by atoms with Gasteiger partial charge in [0.25, 0.3) is 0 Å². The lowest BCUT2D eigenvalue weighted by molar-refractivity contribution is -0.124. The Morgan fingerprint density at radius 1 is 1.38 bits per heavy atom. The second-order valence-electron chi connectivity index (χ2n) is 2.79. The Bertz CT molecular complexity index is 192. The van der Waals surface area contributed by atoms with Crippen LogP contribution < -0.4 is 5.32 Å². The number of thioether (sulfide) groups is 1. The molecular weight excluding hydrogens is 186 g/mol. The van der Waals surface area contributed by atoms with E-state index in [1.54, 1.807) is 11.8 Å². The topological polar surface area (TPSA) is 46.2 Å². The Morgan fingerprint density at radius 2 is 1.92 bits per heavy atom. The molecule has 0 spiro atoms. The molecule has 1 unspecified atom stereocenters.